The fraction of sp³-hybridized carbons (Fsp3) is 0.538. The molecule has 12 heteroatoms. The number of nitrogens with two attached hydrogens (primary N) is 2. The summed E-state index contributed by atoms with van der Waals surface area (Å²) in [5.74, 6) is 1.09. The third-order valence-electron chi connectivity index (χ3n) is 7.99. The summed E-state index contributed by atoms with van der Waals surface area (Å²) < 4.78 is 1.43. The second-order valence-corrected chi connectivity index (χ2v) is 11.0. The van der Waals surface area contributed by atoms with Gasteiger partial charge in [-0.1, -0.05) is 12.1 Å². The van der Waals surface area contributed by atoms with Gasteiger partial charge in [0.25, 0.3) is 0 Å². The van der Waals surface area contributed by atoms with Crippen LogP contribution in [0.4, 0.5) is 10.6 Å². The molecule has 6 N–H and O–H groups in total. The summed E-state index contributed by atoms with van der Waals surface area (Å²) in [7, 11) is 0. The number of rotatable bonds is 6. The second kappa shape index (κ2) is 10.1. The molecule has 1 aromatic heterocycles. The number of carbonyl (C=O) groups is 2. The van der Waals surface area contributed by atoms with Gasteiger partial charge < -0.3 is 26.4 Å². The maximum atomic E-state index is 12.9. The zero-order chi connectivity index (χ0) is 27.2. The Morgan fingerprint density at radius 3 is 2.42 bits per heavy atom. The minimum Gasteiger partial charge on any atom is -0.394 e. The molecule has 0 spiro atoms. The number of hydrogen-bond donors (Lipinski definition) is 4. The van der Waals surface area contributed by atoms with Crippen LogP contribution >= 0.6 is 0 Å². The third-order valence-corrected chi connectivity index (χ3v) is 7.99. The van der Waals surface area contributed by atoms with Crippen LogP contribution in [0.5, 0.6) is 0 Å². The molecule has 204 valence electrons. The van der Waals surface area contributed by atoms with E-state index in [4.69, 9.17) is 11.5 Å². The molecule has 3 amide bonds. The molecule has 0 radical (unpaired) electrons. The number of benzene rings is 1. The van der Waals surface area contributed by atoms with E-state index in [0.29, 0.717) is 30.1 Å². The van der Waals surface area contributed by atoms with E-state index < -0.39 is 23.9 Å². The smallest absolute Gasteiger partial charge is 0.354 e. The lowest BCUT2D eigenvalue weighted by molar-refractivity contribution is -0.140. The molecule has 1 saturated carbocycles. The highest BCUT2D eigenvalue weighted by Gasteiger charge is 2.53. The number of fused-ring (bicyclic) bond motifs is 1. The fourth-order valence-corrected chi connectivity index (χ4v) is 5.53. The molecule has 2 aliphatic heterocycles. The molecular formula is C26H36N8O4. The van der Waals surface area contributed by atoms with Crippen LogP contribution in [0.15, 0.2) is 41.3 Å². The Morgan fingerprint density at radius 1 is 1.13 bits per heavy atom. The molecule has 1 aromatic carbocycles. The molecule has 3 fully saturated rings. The highest BCUT2D eigenvalue weighted by molar-refractivity contribution is 5.89. The van der Waals surface area contributed by atoms with Gasteiger partial charge in [0.05, 0.1) is 12.3 Å². The summed E-state index contributed by atoms with van der Waals surface area (Å²) in [6, 6.07) is 9.09. The fourth-order valence-electron chi connectivity index (χ4n) is 5.53. The summed E-state index contributed by atoms with van der Waals surface area (Å²) in [5, 5.41) is 12.1. The van der Waals surface area contributed by atoms with Crippen LogP contribution in [0.25, 0.3) is 5.69 Å². The highest BCUT2D eigenvalue weighted by atomic mass is 16.3. The van der Waals surface area contributed by atoms with Crippen molar-refractivity contribution in [3.63, 3.8) is 0 Å². The van der Waals surface area contributed by atoms with E-state index in [9.17, 15) is 19.5 Å². The van der Waals surface area contributed by atoms with Gasteiger partial charge in [-0.15, -0.1) is 0 Å². The molecule has 3 aliphatic rings. The lowest BCUT2D eigenvalue weighted by atomic mass is 10.0. The molecule has 2 saturated heterocycles. The molecule has 2 aromatic rings. The van der Waals surface area contributed by atoms with E-state index in [1.165, 1.54) is 17.1 Å². The standard InChI is InChI=1S/C26H36N8O4/c1-16-11-32(23(36)26(2,28)15-35)9-10-33(16)24(37)29-21-7-8-34(25(38)30-21)18-5-3-17(4-6-18)12-31-13-19-20(14-31)22(19)27/h3-8,16,19-20,22,35H,9-15,27-28H2,1-2H3,(H,29,30,37,38)/t16-,19?,20?,22?,26+/m1/s1. The van der Waals surface area contributed by atoms with Crippen molar-refractivity contribution in [2.75, 3.05) is 44.6 Å². The number of hydrogen-bond acceptors (Lipinski definition) is 8. The molecule has 5 rings (SSSR count). The number of piperazine rings is 1. The van der Waals surface area contributed by atoms with Gasteiger partial charge in [-0.2, -0.15) is 4.98 Å². The Labute approximate surface area is 221 Å². The van der Waals surface area contributed by atoms with Crippen molar-refractivity contribution in [2.45, 2.75) is 38.0 Å². The molecule has 38 heavy (non-hydrogen) atoms. The van der Waals surface area contributed by atoms with Crippen LogP contribution in [0.3, 0.4) is 0 Å². The lowest BCUT2D eigenvalue weighted by Gasteiger charge is -2.41. The van der Waals surface area contributed by atoms with Gasteiger partial charge in [0.2, 0.25) is 5.91 Å². The van der Waals surface area contributed by atoms with Gasteiger partial charge in [0, 0.05) is 57.5 Å². The monoisotopic (exact) mass is 524 g/mol. The first-order valence-electron chi connectivity index (χ1n) is 13.0. The van der Waals surface area contributed by atoms with Gasteiger partial charge in [-0.05, 0) is 49.4 Å². The number of aliphatic hydroxyl groups is 1. The quantitative estimate of drug-likeness (QED) is 0.389. The molecule has 0 bridgehead atoms. The largest absolute Gasteiger partial charge is 0.394 e. The Kier molecular flexibility index (Phi) is 6.99. The minimum atomic E-state index is -1.36. The van der Waals surface area contributed by atoms with Crippen LogP contribution < -0.4 is 22.5 Å². The topological polar surface area (TPSA) is 163 Å². The number of anilines is 1. The molecular weight excluding hydrogens is 488 g/mol. The lowest BCUT2D eigenvalue weighted by Crippen LogP contribution is -2.62. The summed E-state index contributed by atoms with van der Waals surface area (Å²) in [6.45, 7) is 6.67. The van der Waals surface area contributed by atoms with Gasteiger partial charge >= 0.3 is 11.7 Å². The molecule has 2 unspecified atom stereocenters. The number of urea groups is 1. The second-order valence-electron chi connectivity index (χ2n) is 11.0. The van der Waals surface area contributed by atoms with E-state index in [0.717, 1.165) is 19.6 Å². The number of piperidine rings is 1. The van der Waals surface area contributed by atoms with Crippen LogP contribution in [0.1, 0.15) is 19.4 Å². The van der Waals surface area contributed by atoms with Gasteiger partial charge in [-0.25, -0.2) is 9.59 Å². The van der Waals surface area contributed by atoms with E-state index in [-0.39, 0.29) is 30.9 Å². The number of likely N-dealkylation sites (tertiary alicyclic amines) is 1. The van der Waals surface area contributed by atoms with Gasteiger partial charge in [-0.3, -0.25) is 19.6 Å². The first-order chi connectivity index (χ1) is 18.1. The van der Waals surface area contributed by atoms with E-state index in [1.54, 1.807) is 22.1 Å². The maximum absolute atomic E-state index is 12.9. The van der Waals surface area contributed by atoms with E-state index in [1.807, 2.05) is 31.2 Å². The van der Waals surface area contributed by atoms with Crippen LogP contribution in [-0.4, -0.2) is 98.2 Å². The van der Waals surface area contributed by atoms with E-state index >= 15 is 0 Å². The number of amides is 3. The third kappa shape index (κ3) is 5.17. The zero-order valence-corrected chi connectivity index (χ0v) is 21.8. The zero-order valence-electron chi connectivity index (χ0n) is 21.8. The van der Waals surface area contributed by atoms with Crippen molar-refractivity contribution in [3.8, 4) is 5.69 Å². The summed E-state index contributed by atoms with van der Waals surface area (Å²) in [6.07, 6.45) is 1.59. The van der Waals surface area contributed by atoms with Crippen molar-refractivity contribution in [1.29, 1.82) is 0 Å². The Bertz CT molecular complexity index is 1250. The van der Waals surface area contributed by atoms with Crippen molar-refractivity contribution in [2.24, 2.45) is 23.3 Å². The van der Waals surface area contributed by atoms with Gasteiger partial charge in [0.1, 0.15) is 11.4 Å². The van der Waals surface area contributed by atoms with E-state index in [2.05, 4.69) is 15.2 Å². The summed E-state index contributed by atoms with van der Waals surface area (Å²) >= 11 is 0. The SMILES string of the molecule is C[C@@H]1CN(C(=O)[C@@](C)(N)CO)CCN1C(=O)Nc1ccn(-c2ccc(CN3CC4C(N)C4C3)cc2)c(=O)n1. The normalized spacial score (nSPS) is 26.6. The number of nitrogens with one attached hydrogen (secondary N) is 1. The molecule has 3 heterocycles. The van der Waals surface area contributed by atoms with Crippen molar-refractivity contribution < 1.29 is 14.7 Å². The average Bonchev–Trinajstić information content (AvgIpc) is 3.28. The first kappa shape index (κ1) is 26.3. The predicted octanol–water partition coefficient (Wildman–Crippen LogP) is -0.604. The van der Waals surface area contributed by atoms with Gasteiger partial charge in [0.15, 0.2) is 0 Å². The van der Waals surface area contributed by atoms with Crippen LogP contribution in [0, 0.1) is 11.8 Å². The summed E-state index contributed by atoms with van der Waals surface area (Å²) in [4.78, 5) is 47.7. The maximum Gasteiger partial charge on any atom is 0.354 e. The van der Waals surface area contributed by atoms with Crippen molar-refractivity contribution in [3.05, 3.63) is 52.6 Å². The Morgan fingerprint density at radius 2 is 1.82 bits per heavy atom. The Balaban J connectivity index is 1.17. The van der Waals surface area contributed by atoms with Crippen LogP contribution in [-0.2, 0) is 11.3 Å². The molecule has 1 aliphatic carbocycles. The number of nitrogens with zero attached hydrogens (tertiary/aromatic N) is 5. The number of aromatic nitrogens is 2. The average molecular weight is 525 g/mol. The van der Waals surface area contributed by atoms with Crippen LogP contribution in [0.2, 0.25) is 0 Å². The summed E-state index contributed by atoms with van der Waals surface area (Å²) in [5.41, 5.74) is 11.9. The highest BCUT2D eigenvalue weighted by Crippen LogP contribution is 2.44. The predicted molar refractivity (Wildman–Crippen MR) is 142 cm³/mol. The van der Waals surface area contributed by atoms with Crippen molar-refractivity contribution in [1.82, 2.24) is 24.3 Å². The number of carbonyl (C=O) groups excluding carboxylic acids is 2. The number of aliphatic hydroxyl groups excluding tert-OH is 1. The van der Waals surface area contributed by atoms with Crippen molar-refractivity contribution >= 4 is 17.8 Å². The molecule has 12 nitrogen and oxygen atoms in total. The minimum absolute atomic E-state index is 0.152. The first-order valence-corrected chi connectivity index (χ1v) is 13.0. The Hall–Kier alpha value is -3.32. The molecule has 4 atom stereocenters.